The highest BCUT2D eigenvalue weighted by molar-refractivity contribution is 8.16. The minimum Gasteiger partial charge on any atom is -0.493 e. The van der Waals surface area contributed by atoms with Crippen LogP contribution in [0.3, 0.4) is 0 Å². The van der Waals surface area contributed by atoms with Crippen molar-refractivity contribution in [3.63, 3.8) is 0 Å². The molecule has 2 aliphatic rings. The molecule has 1 aromatic heterocycles. The summed E-state index contributed by atoms with van der Waals surface area (Å²) in [6.07, 6.45) is 3.90. The Kier molecular flexibility index (Phi) is 10.6. The molecule has 1 saturated carbocycles. The molecule has 0 radical (unpaired) electrons. The number of thioether (sulfide) groups is 1. The van der Waals surface area contributed by atoms with E-state index in [-0.39, 0.29) is 5.91 Å². The Morgan fingerprint density at radius 2 is 2.05 bits per heavy atom. The van der Waals surface area contributed by atoms with Gasteiger partial charge in [0.2, 0.25) is 5.91 Å². The first-order valence-corrected chi connectivity index (χ1v) is 14.7. The average molecular weight is 563 g/mol. The van der Waals surface area contributed by atoms with Crippen LogP contribution in [-0.4, -0.2) is 59.3 Å². The van der Waals surface area contributed by atoms with E-state index < -0.39 is 28.9 Å². The van der Waals surface area contributed by atoms with Crippen molar-refractivity contribution in [2.24, 2.45) is 15.9 Å². The third-order valence-electron chi connectivity index (χ3n) is 6.16. The molecule has 1 aromatic rings. The summed E-state index contributed by atoms with van der Waals surface area (Å²) >= 11 is 1.49. The maximum absolute atomic E-state index is 13.4. The molecule has 39 heavy (non-hydrogen) atoms. The van der Waals surface area contributed by atoms with Crippen molar-refractivity contribution in [3.8, 4) is 5.75 Å². The first-order chi connectivity index (χ1) is 18.4. The van der Waals surface area contributed by atoms with Gasteiger partial charge in [-0.25, -0.2) is 9.59 Å². The highest BCUT2D eigenvalue weighted by Gasteiger charge is 2.40. The number of carbonyl (C=O) groups excluding carboxylic acids is 2. The summed E-state index contributed by atoms with van der Waals surface area (Å²) in [6, 6.07) is 2.59. The lowest BCUT2D eigenvalue weighted by atomic mass is 10.0. The predicted molar refractivity (Wildman–Crippen MR) is 154 cm³/mol. The quantitative estimate of drug-likeness (QED) is 0.264. The molecule has 216 valence electrons. The fourth-order valence-corrected chi connectivity index (χ4v) is 4.96. The Balaban J connectivity index is 1.57. The lowest BCUT2D eigenvalue weighted by Gasteiger charge is -2.24. The summed E-state index contributed by atoms with van der Waals surface area (Å²) in [7, 11) is 0. The number of carbonyl (C=O) groups is 2. The van der Waals surface area contributed by atoms with Crippen molar-refractivity contribution in [2.45, 2.75) is 90.8 Å². The van der Waals surface area contributed by atoms with Gasteiger partial charge in [0.05, 0.1) is 24.4 Å². The Labute approximate surface area is 234 Å². The van der Waals surface area contributed by atoms with Gasteiger partial charge in [-0.2, -0.15) is 0 Å². The minimum atomic E-state index is -0.971. The molecule has 0 aromatic carbocycles. The molecule has 0 bridgehead atoms. The molecule has 2 N–H and O–H groups in total. The topological polar surface area (TPSA) is 132 Å². The van der Waals surface area contributed by atoms with Crippen molar-refractivity contribution in [1.82, 2.24) is 10.6 Å². The number of nitrogens with one attached hydrogen (secondary N) is 2. The second-order valence-electron chi connectivity index (χ2n) is 11.3. The minimum absolute atomic E-state index is 0.232. The number of amides is 2. The molecule has 0 saturated heterocycles. The standard InChI is InChI=1S/C28H42N4O6S/c1-7-9-21(22-14-20(15-23(33)37-22)36-16-19-10-11-19)31-25(34)28(6)17-39-24(32-28)18(2)29-12-8-13-30-26(35)38-27(3,4)5/h14-15,19,21H,7-13,16-17H2,1-6H3,(H,30,35)(H,31,34)/b29-18+/t21-,28?/m1/s1. The number of hydrogen-bond acceptors (Lipinski definition) is 9. The van der Waals surface area contributed by atoms with Gasteiger partial charge in [0.1, 0.15) is 27.7 Å². The van der Waals surface area contributed by atoms with E-state index in [4.69, 9.17) is 18.9 Å². The molecule has 10 nitrogen and oxygen atoms in total. The Morgan fingerprint density at radius 3 is 2.72 bits per heavy atom. The van der Waals surface area contributed by atoms with Gasteiger partial charge in [-0.05, 0) is 66.2 Å². The second-order valence-corrected chi connectivity index (χ2v) is 12.3. The van der Waals surface area contributed by atoms with Crippen LogP contribution in [0.5, 0.6) is 5.75 Å². The maximum Gasteiger partial charge on any atom is 0.407 e. The number of rotatable bonds is 13. The first kappa shape index (κ1) is 30.7. The lowest BCUT2D eigenvalue weighted by molar-refractivity contribution is -0.125. The van der Waals surface area contributed by atoms with Gasteiger partial charge in [0.15, 0.2) is 0 Å². The molecule has 11 heteroatoms. The van der Waals surface area contributed by atoms with Crippen molar-refractivity contribution in [3.05, 3.63) is 28.3 Å². The third kappa shape index (κ3) is 10.0. The molecule has 1 aliphatic carbocycles. The molecule has 1 unspecified atom stereocenters. The number of alkyl carbamates (subject to hydrolysis) is 1. The third-order valence-corrected chi connectivity index (χ3v) is 7.53. The van der Waals surface area contributed by atoms with Gasteiger partial charge < -0.3 is 24.5 Å². The zero-order valence-corrected chi connectivity index (χ0v) is 24.7. The van der Waals surface area contributed by atoms with E-state index in [1.165, 1.54) is 17.8 Å². The summed E-state index contributed by atoms with van der Waals surface area (Å²) < 4.78 is 16.5. The summed E-state index contributed by atoms with van der Waals surface area (Å²) in [6.45, 7) is 12.7. The summed E-state index contributed by atoms with van der Waals surface area (Å²) in [5.74, 6) is 1.66. The molecule has 1 fully saturated rings. The van der Waals surface area contributed by atoms with Gasteiger partial charge in [0, 0.05) is 24.9 Å². The van der Waals surface area contributed by atoms with E-state index in [0.717, 1.165) is 30.0 Å². The molecular formula is C28H42N4O6S. The van der Waals surface area contributed by atoms with E-state index in [9.17, 15) is 14.4 Å². The number of nitrogens with zero attached hydrogens (tertiary/aromatic N) is 2. The first-order valence-electron chi connectivity index (χ1n) is 13.7. The van der Waals surface area contributed by atoms with E-state index in [2.05, 4.69) is 15.6 Å². The Morgan fingerprint density at radius 1 is 1.31 bits per heavy atom. The fraction of sp³-hybridized carbons (Fsp3) is 0.679. The largest absolute Gasteiger partial charge is 0.493 e. The monoisotopic (exact) mass is 562 g/mol. The summed E-state index contributed by atoms with van der Waals surface area (Å²) in [4.78, 5) is 46.6. The predicted octanol–water partition coefficient (Wildman–Crippen LogP) is 4.67. The van der Waals surface area contributed by atoms with Crippen LogP contribution < -0.4 is 21.0 Å². The van der Waals surface area contributed by atoms with Crippen LogP contribution in [0.25, 0.3) is 0 Å². The molecule has 3 rings (SSSR count). The van der Waals surface area contributed by atoms with Crippen LogP contribution in [0.1, 0.15) is 85.4 Å². The van der Waals surface area contributed by atoms with Crippen molar-refractivity contribution in [1.29, 1.82) is 0 Å². The summed E-state index contributed by atoms with van der Waals surface area (Å²) in [5, 5.41) is 6.50. The number of hydrogen-bond donors (Lipinski definition) is 2. The average Bonchev–Trinajstić information content (AvgIpc) is 3.59. The number of ether oxygens (including phenoxy) is 2. The summed E-state index contributed by atoms with van der Waals surface area (Å²) in [5.41, 5.74) is -1.25. The normalized spacial score (nSPS) is 20.3. The van der Waals surface area contributed by atoms with Gasteiger partial charge >= 0.3 is 11.7 Å². The van der Waals surface area contributed by atoms with Crippen LogP contribution in [0.2, 0.25) is 0 Å². The molecule has 1 aliphatic heterocycles. The Hall–Kier alpha value is -2.82. The fourth-order valence-electron chi connectivity index (χ4n) is 3.81. The van der Waals surface area contributed by atoms with E-state index in [1.54, 1.807) is 13.0 Å². The zero-order valence-electron chi connectivity index (χ0n) is 23.9. The van der Waals surface area contributed by atoms with Crippen LogP contribution in [-0.2, 0) is 9.53 Å². The van der Waals surface area contributed by atoms with E-state index in [1.807, 2.05) is 34.6 Å². The lowest BCUT2D eigenvalue weighted by Crippen LogP contribution is -2.45. The molecular weight excluding hydrogens is 520 g/mol. The van der Waals surface area contributed by atoms with Crippen LogP contribution in [0, 0.1) is 5.92 Å². The van der Waals surface area contributed by atoms with Gasteiger partial charge in [-0.3, -0.25) is 14.8 Å². The molecule has 2 atom stereocenters. The van der Waals surface area contributed by atoms with Crippen LogP contribution in [0.4, 0.5) is 4.79 Å². The van der Waals surface area contributed by atoms with Crippen molar-refractivity contribution in [2.75, 3.05) is 25.4 Å². The van der Waals surface area contributed by atoms with Gasteiger partial charge in [-0.1, -0.05) is 13.3 Å². The van der Waals surface area contributed by atoms with Gasteiger partial charge in [0.25, 0.3) is 0 Å². The smallest absolute Gasteiger partial charge is 0.407 e. The SMILES string of the molecule is CCC[C@@H](NC(=O)C1(C)CSC(/C(C)=N/CCCNC(=O)OC(C)(C)C)=N1)c1cc(OCC2CC2)cc(=O)o1. The highest BCUT2D eigenvalue weighted by Crippen LogP contribution is 2.32. The van der Waals surface area contributed by atoms with Crippen LogP contribution >= 0.6 is 11.8 Å². The molecule has 2 amide bonds. The number of aliphatic imine (C=N–C) groups is 2. The van der Waals surface area contributed by atoms with Crippen molar-refractivity contribution >= 4 is 34.5 Å². The highest BCUT2D eigenvalue weighted by atomic mass is 32.2. The van der Waals surface area contributed by atoms with E-state index in [0.29, 0.717) is 55.7 Å². The Bertz CT molecular complexity index is 1140. The molecule has 2 heterocycles. The van der Waals surface area contributed by atoms with E-state index >= 15 is 0 Å². The molecule has 0 spiro atoms. The van der Waals surface area contributed by atoms with Gasteiger partial charge in [-0.15, -0.1) is 11.8 Å². The zero-order chi connectivity index (χ0) is 28.6. The maximum atomic E-state index is 13.4. The van der Waals surface area contributed by atoms with Crippen LogP contribution in [0.15, 0.2) is 31.3 Å². The van der Waals surface area contributed by atoms with Crippen molar-refractivity contribution < 1.29 is 23.5 Å². The second kappa shape index (κ2) is 13.5.